The summed E-state index contributed by atoms with van der Waals surface area (Å²) in [5, 5.41) is 14.4. The van der Waals surface area contributed by atoms with Crippen molar-refractivity contribution in [3.8, 4) is 6.07 Å². The summed E-state index contributed by atoms with van der Waals surface area (Å²) in [5.74, 6) is -0.345. The zero-order chi connectivity index (χ0) is 18.8. The van der Waals surface area contributed by atoms with Gasteiger partial charge in [-0.3, -0.25) is 9.59 Å². The molecule has 2 N–H and O–H groups in total. The highest BCUT2D eigenvalue weighted by atomic mass is 16.2. The van der Waals surface area contributed by atoms with Crippen LogP contribution in [0.25, 0.3) is 0 Å². The van der Waals surface area contributed by atoms with Gasteiger partial charge in [0.15, 0.2) is 0 Å². The number of nitriles is 1. The third-order valence-electron chi connectivity index (χ3n) is 3.99. The molecule has 0 radical (unpaired) electrons. The Hall–Kier alpha value is -3.13. The Balaban J connectivity index is 1.67. The number of hydrogen-bond acceptors (Lipinski definition) is 3. The fourth-order valence-electron chi connectivity index (χ4n) is 2.53. The van der Waals surface area contributed by atoms with E-state index >= 15 is 0 Å². The van der Waals surface area contributed by atoms with E-state index in [2.05, 4.69) is 22.8 Å². The molecule has 0 aliphatic rings. The number of nitrogens with zero attached hydrogens (tertiary/aromatic N) is 1. The first-order valence-electron chi connectivity index (χ1n) is 8.70. The molecular formula is C21H23N3O2. The van der Waals surface area contributed by atoms with Crippen molar-refractivity contribution >= 4 is 17.5 Å². The second-order valence-corrected chi connectivity index (χ2v) is 6.23. The predicted octanol–water partition coefficient (Wildman–Crippen LogP) is 3.41. The van der Waals surface area contributed by atoms with Crippen LogP contribution in [0.2, 0.25) is 0 Å². The molecule has 2 amide bonds. The number of carbonyl (C=O) groups excluding carboxylic acids is 2. The van der Waals surface area contributed by atoms with Crippen LogP contribution in [-0.2, 0) is 16.0 Å². The zero-order valence-electron chi connectivity index (χ0n) is 14.9. The van der Waals surface area contributed by atoms with E-state index in [1.807, 2.05) is 31.2 Å². The Bertz CT molecular complexity index is 764. The maximum absolute atomic E-state index is 12.0. The molecule has 0 aliphatic heterocycles. The Kier molecular flexibility index (Phi) is 7.38. The van der Waals surface area contributed by atoms with Crippen molar-refractivity contribution in [3.05, 3.63) is 65.7 Å². The van der Waals surface area contributed by atoms with Gasteiger partial charge < -0.3 is 10.6 Å². The Morgan fingerprint density at radius 1 is 1.00 bits per heavy atom. The first-order valence-corrected chi connectivity index (χ1v) is 8.70. The Labute approximate surface area is 154 Å². The van der Waals surface area contributed by atoms with Gasteiger partial charge in [-0.15, -0.1) is 0 Å². The van der Waals surface area contributed by atoms with Gasteiger partial charge >= 0.3 is 0 Å². The number of benzene rings is 2. The molecule has 5 heteroatoms. The molecule has 0 aliphatic carbocycles. The molecule has 0 saturated carbocycles. The number of amides is 2. The lowest BCUT2D eigenvalue weighted by molar-refractivity contribution is -0.124. The highest BCUT2D eigenvalue weighted by Gasteiger charge is 2.10. The molecule has 0 heterocycles. The van der Waals surface area contributed by atoms with Crippen LogP contribution in [0.1, 0.15) is 37.3 Å². The number of nitrogens with one attached hydrogen (secondary N) is 2. The summed E-state index contributed by atoms with van der Waals surface area (Å²) in [5.41, 5.74) is 2.40. The molecule has 0 spiro atoms. The maximum atomic E-state index is 12.0. The highest BCUT2D eigenvalue weighted by Crippen LogP contribution is 2.10. The van der Waals surface area contributed by atoms with Crippen molar-refractivity contribution in [1.82, 2.24) is 5.32 Å². The van der Waals surface area contributed by atoms with Gasteiger partial charge in [0.25, 0.3) is 0 Å². The average Bonchev–Trinajstić information content (AvgIpc) is 2.66. The predicted molar refractivity (Wildman–Crippen MR) is 101 cm³/mol. The lowest BCUT2D eigenvalue weighted by atomic mass is 10.1. The average molecular weight is 349 g/mol. The van der Waals surface area contributed by atoms with Crippen molar-refractivity contribution in [1.29, 1.82) is 5.26 Å². The minimum absolute atomic E-state index is 0.0595. The molecule has 1 atom stereocenters. The van der Waals surface area contributed by atoms with Gasteiger partial charge in [-0.25, -0.2) is 0 Å². The third-order valence-corrected chi connectivity index (χ3v) is 3.99. The molecular weight excluding hydrogens is 326 g/mol. The van der Waals surface area contributed by atoms with Crippen molar-refractivity contribution < 1.29 is 9.59 Å². The van der Waals surface area contributed by atoms with Gasteiger partial charge in [0.05, 0.1) is 11.6 Å². The van der Waals surface area contributed by atoms with Crippen LogP contribution in [0, 0.1) is 11.3 Å². The lowest BCUT2D eigenvalue weighted by Gasteiger charge is -2.14. The van der Waals surface area contributed by atoms with E-state index in [1.165, 1.54) is 5.56 Å². The van der Waals surface area contributed by atoms with Crippen LogP contribution >= 0.6 is 0 Å². The summed E-state index contributed by atoms with van der Waals surface area (Å²) < 4.78 is 0. The smallest absolute Gasteiger partial charge is 0.224 e. The maximum Gasteiger partial charge on any atom is 0.224 e. The van der Waals surface area contributed by atoms with Gasteiger partial charge in [0.2, 0.25) is 11.8 Å². The van der Waals surface area contributed by atoms with E-state index in [0.29, 0.717) is 11.3 Å². The minimum atomic E-state index is -0.221. The van der Waals surface area contributed by atoms with Gasteiger partial charge in [0, 0.05) is 24.6 Å². The van der Waals surface area contributed by atoms with Crippen molar-refractivity contribution in [2.75, 3.05) is 5.32 Å². The number of aryl methyl sites for hydroxylation is 1. The molecule has 2 aromatic carbocycles. The van der Waals surface area contributed by atoms with Crippen LogP contribution in [0.3, 0.4) is 0 Å². The van der Waals surface area contributed by atoms with Gasteiger partial charge in [-0.05, 0) is 49.6 Å². The first-order chi connectivity index (χ1) is 12.6. The minimum Gasteiger partial charge on any atom is -0.354 e. The van der Waals surface area contributed by atoms with Gasteiger partial charge in [0.1, 0.15) is 0 Å². The summed E-state index contributed by atoms with van der Waals surface area (Å²) in [7, 11) is 0. The summed E-state index contributed by atoms with van der Waals surface area (Å²) in [6, 6.07) is 18.8. The summed E-state index contributed by atoms with van der Waals surface area (Å²) in [6.45, 7) is 1.97. The standard InChI is InChI=1S/C21H23N3O2/c1-16(7-8-17-5-3-2-4-6-17)23-20(25)13-14-21(26)24-19-11-9-18(15-22)10-12-19/h2-6,9-12,16H,7-8,13-14H2,1H3,(H,23,25)(H,24,26)/t16-/m1/s1. The van der Waals surface area contributed by atoms with E-state index in [0.717, 1.165) is 12.8 Å². The molecule has 0 saturated heterocycles. The highest BCUT2D eigenvalue weighted by molar-refractivity contribution is 5.93. The van der Waals surface area contributed by atoms with Crippen LogP contribution in [-0.4, -0.2) is 17.9 Å². The zero-order valence-corrected chi connectivity index (χ0v) is 14.9. The molecule has 134 valence electrons. The number of anilines is 1. The summed E-state index contributed by atoms with van der Waals surface area (Å²) in [6.07, 6.45) is 2.03. The monoisotopic (exact) mass is 349 g/mol. The molecule has 2 rings (SSSR count). The van der Waals surface area contributed by atoms with E-state index in [1.54, 1.807) is 24.3 Å². The Morgan fingerprint density at radius 2 is 1.65 bits per heavy atom. The normalized spacial score (nSPS) is 11.2. The van der Waals surface area contributed by atoms with Gasteiger partial charge in [-0.1, -0.05) is 30.3 Å². The largest absolute Gasteiger partial charge is 0.354 e. The second-order valence-electron chi connectivity index (χ2n) is 6.23. The molecule has 26 heavy (non-hydrogen) atoms. The summed E-state index contributed by atoms with van der Waals surface area (Å²) in [4.78, 5) is 23.9. The Morgan fingerprint density at radius 3 is 2.31 bits per heavy atom. The molecule has 2 aromatic rings. The number of hydrogen-bond donors (Lipinski definition) is 2. The molecule has 0 fully saturated rings. The fourth-order valence-corrected chi connectivity index (χ4v) is 2.53. The second kappa shape index (κ2) is 10.00. The summed E-state index contributed by atoms with van der Waals surface area (Å²) >= 11 is 0. The number of rotatable bonds is 8. The first kappa shape index (κ1) is 19.2. The van der Waals surface area contributed by atoms with Crippen LogP contribution in [0.4, 0.5) is 5.69 Å². The van der Waals surface area contributed by atoms with Gasteiger partial charge in [-0.2, -0.15) is 5.26 Å². The lowest BCUT2D eigenvalue weighted by Crippen LogP contribution is -2.33. The van der Waals surface area contributed by atoms with E-state index < -0.39 is 0 Å². The van der Waals surface area contributed by atoms with Crippen molar-refractivity contribution in [2.45, 2.75) is 38.6 Å². The topological polar surface area (TPSA) is 82.0 Å². The van der Waals surface area contributed by atoms with E-state index in [9.17, 15) is 9.59 Å². The van der Waals surface area contributed by atoms with Crippen molar-refractivity contribution in [3.63, 3.8) is 0 Å². The van der Waals surface area contributed by atoms with E-state index in [-0.39, 0.29) is 30.7 Å². The molecule has 5 nitrogen and oxygen atoms in total. The SMILES string of the molecule is C[C@H](CCc1ccccc1)NC(=O)CCC(=O)Nc1ccc(C#N)cc1. The molecule has 0 aromatic heterocycles. The molecule has 0 unspecified atom stereocenters. The van der Waals surface area contributed by atoms with E-state index in [4.69, 9.17) is 5.26 Å². The van der Waals surface area contributed by atoms with Crippen LogP contribution in [0.15, 0.2) is 54.6 Å². The van der Waals surface area contributed by atoms with Crippen LogP contribution < -0.4 is 10.6 Å². The molecule has 0 bridgehead atoms. The van der Waals surface area contributed by atoms with Crippen LogP contribution in [0.5, 0.6) is 0 Å². The third kappa shape index (κ3) is 6.78. The number of carbonyl (C=O) groups is 2. The fraction of sp³-hybridized carbons (Fsp3) is 0.286. The van der Waals surface area contributed by atoms with Crippen molar-refractivity contribution in [2.24, 2.45) is 0 Å². The quantitative estimate of drug-likeness (QED) is 0.766.